The number of rotatable bonds is 3. The van der Waals surface area contributed by atoms with Crippen molar-refractivity contribution in [2.24, 2.45) is 5.92 Å². The molecular formula is C14H20N2O3. The minimum Gasteiger partial charge on any atom is -0.481 e. The summed E-state index contributed by atoms with van der Waals surface area (Å²) in [4.78, 5) is 20.6. The van der Waals surface area contributed by atoms with Gasteiger partial charge < -0.3 is 9.47 Å². The van der Waals surface area contributed by atoms with E-state index in [4.69, 9.17) is 9.47 Å². The standard InChI is InChI=1S/C14H20N2O3/c1-13(2)7-9(14(3,4)19-13)12(17)10-6-11(18-5)16-8-15-10/h6,8-9H,7H2,1-5H3. The first-order valence-corrected chi connectivity index (χ1v) is 6.35. The first kappa shape index (κ1) is 13.9. The van der Waals surface area contributed by atoms with Gasteiger partial charge in [0.05, 0.1) is 24.2 Å². The highest BCUT2D eigenvalue weighted by atomic mass is 16.5. The molecule has 1 saturated heterocycles. The molecule has 1 aromatic rings. The molecule has 1 aliphatic rings. The van der Waals surface area contributed by atoms with Crippen molar-refractivity contribution in [3.05, 3.63) is 18.1 Å². The van der Waals surface area contributed by atoms with Crippen LogP contribution in [-0.4, -0.2) is 34.1 Å². The third-order valence-corrected chi connectivity index (χ3v) is 3.49. The number of methoxy groups -OCH3 is 1. The Kier molecular flexibility index (Phi) is 3.34. The lowest BCUT2D eigenvalue weighted by molar-refractivity contribution is -0.0712. The van der Waals surface area contributed by atoms with Crippen molar-refractivity contribution in [3.63, 3.8) is 0 Å². The summed E-state index contributed by atoms with van der Waals surface area (Å²) in [6, 6.07) is 1.57. The summed E-state index contributed by atoms with van der Waals surface area (Å²) in [6.45, 7) is 7.90. The number of hydrogen-bond acceptors (Lipinski definition) is 5. The Morgan fingerprint density at radius 1 is 1.37 bits per heavy atom. The Hall–Kier alpha value is -1.49. The van der Waals surface area contributed by atoms with Crippen LogP contribution in [0.1, 0.15) is 44.6 Å². The molecule has 0 saturated carbocycles. The zero-order chi connectivity index (χ0) is 14.3. The van der Waals surface area contributed by atoms with Gasteiger partial charge in [-0.3, -0.25) is 4.79 Å². The van der Waals surface area contributed by atoms with E-state index < -0.39 is 5.60 Å². The van der Waals surface area contributed by atoms with Crippen LogP contribution in [0.25, 0.3) is 0 Å². The number of Topliss-reactive ketones (excluding diaryl/α,β-unsaturated/α-hetero) is 1. The van der Waals surface area contributed by atoms with E-state index in [2.05, 4.69) is 9.97 Å². The number of ketones is 1. The van der Waals surface area contributed by atoms with Crippen LogP contribution < -0.4 is 4.74 Å². The summed E-state index contributed by atoms with van der Waals surface area (Å²) in [5.41, 5.74) is -0.397. The summed E-state index contributed by atoms with van der Waals surface area (Å²) >= 11 is 0. The number of nitrogens with zero attached hydrogens (tertiary/aromatic N) is 2. The molecule has 0 radical (unpaired) electrons. The van der Waals surface area contributed by atoms with E-state index in [1.165, 1.54) is 13.4 Å². The summed E-state index contributed by atoms with van der Waals surface area (Å²) in [5.74, 6) is 0.174. The number of hydrogen-bond donors (Lipinski definition) is 0. The van der Waals surface area contributed by atoms with Gasteiger partial charge >= 0.3 is 0 Å². The van der Waals surface area contributed by atoms with Gasteiger partial charge in [0.25, 0.3) is 0 Å². The molecular weight excluding hydrogens is 244 g/mol. The number of aromatic nitrogens is 2. The first-order chi connectivity index (χ1) is 8.75. The minimum absolute atomic E-state index is 0.0173. The quantitative estimate of drug-likeness (QED) is 0.784. The second-order valence-electron chi connectivity index (χ2n) is 6.03. The highest BCUT2D eigenvalue weighted by Gasteiger charge is 2.49. The maximum Gasteiger partial charge on any atom is 0.216 e. The summed E-state index contributed by atoms with van der Waals surface area (Å²) < 4.78 is 11.0. The average Bonchev–Trinajstić information content (AvgIpc) is 2.56. The Balaban J connectivity index is 2.29. The zero-order valence-corrected chi connectivity index (χ0v) is 12.1. The fraction of sp³-hybridized carbons (Fsp3) is 0.643. The SMILES string of the molecule is COc1cc(C(=O)C2CC(C)(C)OC2(C)C)ncn1. The number of ether oxygens (including phenoxy) is 2. The lowest BCUT2D eigenvalue weighted by atomic mass is 9.83. The molecule has 0 N–H and O–H groups in total. The van der Waals surface area contributed by atoms with Crippen molar-refractivity contribution in [2.45, 2.75) is 45.3 Å². The van der Waals surface area contributed by atoms with Gasteiger partial charge in [-0.2, -0.15) is 0 Å². The van der Waals surface area contributed by atoms with Gasteiger partial charge in [0, 0.05) is 6.07 Å². The Morgan fingerprint density at radius 2 is 2.05 bits per heavy atom. The van der Waals surface area contributed by atoms with Gasteiger partial charge in [-0.1, -0.05) is 0 Å². The van der Waals surface area contributed by atoms with Crippen molar-refractivity contribution in [3.8, 4) is 5.88 Å². The van der Waals surface area contributed by atoms with Crippen LogP contribution in [0.4, 0.5) is 0 Å². The van der Waals surface area contributed by atoms with Crippen molar-refractivity contribution < 1.29 is 14.3 Å². The number of carbonyl (C=O) groups excluding carboxylic acids is 1. The molecule has 2 rings (SSSR count). The fourth-order valence-electron chi connectivity index (χ4n) is 2.74. The lowest BCUT2D eigenvalue weighted by Crippen LogP contribution is -2.34. The topological polar surface area (TPSA) is 61.3 Å². The smallest absolute Gasteiger partial charge is 0.216 e. The van der Waals surface area contributed by atoms with Gasteiger partial charge in [-0.25, -0.2) is 9.97 Å². The van der Waals surface area contributed by atoms with Crippen LogP contribution >= 0.6 is 0 Å². The van der Waals surface area contributed by atoms with Crippen molar-refractivity contribution >= 4 is 5.78 Å². The second-order valence-corrected chi connectivity index (χ2v) is 6.03. The van der Waals surface area contributed by atoms with E-state index >= 15 is 0 Å². The highest BCUT2D eigenvalue weighted by Crippen LogP contribution is 2.43. The van der Waals surface area contributed by atoms with Crippen molar-refractivity contribution in [1.29, 1.82) is 0 Å². The molecule has 1 atom stereocenters. The highest BCUT2D eigenvalue weighted by molar-refractivity contribution is 5.97. The molecule has 1 aromatic heterocycles. The summed E-state index contributed by atoms with van der Waals surface area (Å²) in [5, 5.41) is 0. The van der Waals surface area contributed by atoms with Gasteiger partial charge in [-0.15, -0.1) is 0 Å². The van der Waals surface area contributed by atoms with E-state index in [1.54, 1.807) is 6.07 Å². The van der Waals surface area contributed by atoms with Crippen molar-refractivity contribution in [2.75, 3.05) is 7.11 Å². The molecule has 1 unspecified atom stereocenters. The Labute approximate surface area is 113 Å². The normalized spacial score (nSPS) is 24.2. The maximum absolute atomic E-state index is 12.6. The van der Waals surface area contributed by atoms with Gasteiger partial charge in [0.1, 0.15) is 12.0 Å². The van der Waals surface area contributed by atoms with Crippen LogP contribution in [0.3, 0.4) is 0 Å². The molecule has 0 amide bonds. The van der Waals surface area contributed by atoms with Crippen LogP contribution in [0, 0.1) is 5.92 Å². The molecule has 5 nitrogen and oxygen atoms in total. The first-order valence-electron chi connectivity index (χ1n) is 6.35. The average molecular weight is 264 g/mol. The third kappa shape index (κ3) is 2.76. The molecule has 0 aliphatic carbocycles. The minimum atomic E-state index is -0.487. The number of carbonyl (C=O) groups is 1. The van der Waals surface area contributed by atoms with E-state index in [0.717, 1.165) is 0 Å². The molecule has 1 aliphatic heterocycles. The lowest BCUT2D eigenvalue weighted by Gasteiger charge is -2.26. The fourth-order valence-corrected chi connectivity index (χ4v) is 2.74. The summed E-state index contributed by atoms with van der Waals surface area (Å²) in [7, 11) is 1.52. The molecule has 0 aromatic carbocycles. The van der Waals surface area contributed by atoms with Crippen LogP contribution in [0.15, 0.2) is 12.4 Å². The van der Waals surface area contributed by atoms with E-state index in [0.29, 0.717) is 18.0 Å². The molecule has 0 bridgehead atoms. The van der Waals surface area contributed by atoms with Gasteiger partial charge in [0.2, 0.25) is 5.88 Å². The Morgan fingerprint density at radius 3 is 2.58 bits per heavy atom. The zero-order valence-electron chi connectivity index (χ0n) is 12.1. The third-order valence-electron chi connectivity index (χ3n) is 3.49. The van der Waals surface area contributed by atoms with Crippen LogP contribution in [-0.2, 0) is 4.74 Å². The largest absolute Gasteiger partial charge is 0.481 e. The molecule has 0 spiro atoms. The monoisotopic (exact) mass is 264 g/mol. The Bertz CT molecular complexity index is 497. The predicted octanol–water partition coefficient (Wildman–Crippen LogP) is 2.26. The van der Waals surface area contributed by atoms with Gasteiger partial charge in [-0.05, 0) is 34.1 Å². The van der Waals surface area contributed by atoms with E-state index in [1.807, 2.05) is 27.7 Å². The second kappa shape index (κ2) is 4.56. The maximum atomic E-state index is 12.6. The molecule has 1 fully saturated rings. The predicted molar refractivity (Wildman–Crippen MR) is 70.3 cm³/mol. The molecule has 104 valence electrons. The van der Waals surface area contributed by atoms with E-state index in [-0.39, 0.29) is 17.3 Å². The van der Waals surface area contributed by atoms with E-state index in [9.17, 15) is 4.79 Å². The van der Waals surface area contributed by atoms with Crippen molar-refractivity contribution in [1.82, 2.24) is 9.97 Å². The van der Waals surface area contributed by atoms with Crippen LogP contribution in [0.2, 0.25) is 0 Å². The molecule has 19 heavy (non-hydrogen) atoms. The summed E-state index contributed by atoms with van der Waals surface area (Å²) in [6.07, 6.45) is 2.03. The van der Waals surface area contributed by atoms with Crippen LogP contribution in [0.5, 0.6) is 5.88 Å². The molecule has 2 heterocycles. The van der Waals surface area contributed by atoms with Gasteiger partial charge in [0.15, 0.2) is 5.78 Å². The molecule has 5 heteroatoms.